The number of aryl methyl sites for hydroxylation is 2. The minimum Gasteiger partial charge on any atom is -0.350 e. The highest BCUT2D eigenvalue weighted by molar-refractivity contribution is 7.14. The van der Waals surface area contributed by atoms with E-state index in [-0.39, 0.29) is 30.3 Å². The van der Waals surface area contributed by atoms with E-state index in [0.29, 0.717) is 10.7 Å². The van der Waals surface area contributed by atoms with Crippen LogP contribution in [0.4, 0.5) is 5.13 Å². The number of nitrogens with one attached hydrogen (secondary N) is 3. The smallest absolute Gasteiger partial charge is 0.251 e. The van der Waals surface area contributed by atoms with Crippen molar-refractivity contribution in [3.8, 4) is 11.3 Å². The summed E-state index contributed by atoms with van der Waals surface area (Å²) in [5.74, 6) is -0.717. The molecule has 2 aromatic carbocycles. The number of hydrogen-bond donors (Lipinski definition) is 3. The molecule has 32 heavy (non-hydrogen) atoms. The number of aromatic nitrogens is 1. The first-order valence-electron chi connectivity index (χ1n) is 10.2. The molecule has 0 spiro atoms. The summed E-state index contributed by atoms with van der Waals surface area (Å²) < 4.78 is 0. The molecular weight excluding hydrogens is 424 g/mol. The summed E-state index contributed by atoms with van der Waals surface area (Å²) in [6, 6.07) is 13.1. The van der Waals surface area contributed by atoms with Gasteiger partial charge in [0.05, 0.1) is 18.3 Å². The monoisotopic (exact) mass is 450 g/mol. The van der Waals surface area contributed by atoms with Crippen LogP contribution in [0.25, 0.3) is 11.3 Å². The van der Waals surface area contributed by atoms with Crippen LogP contribution in [0.1, 0.15) is 46.9 Å². The lowest BCUT2D eigenvalue weighted by Crippen LogP contribution is -2.32. The second kappa shape index (κ2) is 10.2. The normalized spacial score (nSPS) is 11.5. The summed E-state index contributed by atoms with van der Waals surface area (Å²) >= 11 is 1.31. The fourth-order valence-electron chi connectivity index (χ4n) is 3.10. The predicted octanol–water partition coefficient (Wildman–Crippen LogP) is 3.99. The molecule has 0 bridgehead atoms. The van der Waals surface area contributed by atoms with Crippen LogP contribution in [0.3, 0.4) is 0 Å². The van der Waals surface area contributed by atoms with Gasteiger partial charge in [-0.1, -0.05) is 30.3 Å². The Morgan fingerprint density at radius 3 is 2.41 bits per heavy atom. The molecule has 1 atom stereocenters. The Bertz CT molecular complexity index is 1140. The summed E-state index contributed by atoms with van der Waals surface area (Å²) in [6.45, 7) is 7.19. The standard InChI is InChI=1S/C24H26N4O3S/c1-14-5-6-20(11-15(14)2)23(31)25-12-22(30)28-24-27-21(13-32-24)19-9-7-18(8-10-19)16(3)26-17(4)29/h5-11,13,16H,12H2,1-4H3,(H,25,31)(H,26,29)(H,27,28,30). The predicted molar refractivity (Wildman–Crippen MR) is 127 cm³/mol. The third-order valence-corrected chi connectivity index (χ3v) is 5.81. The molecule has 7 nitrogen and oxygen atoms in total. The van der Waals surface area contributed by atoms with Gasteiger partial charge >= 0.3 is 0 Å². The van der Waals surface area contributed by atoms with Crippen LogP contribution >= 0.6 is 11.3 Å². The number of carbonyl (C=O) groups is 3. The van der Waals surface area contributed by atoms with E-state index in [1.165, 1.54) is 18.3 Å². The van der Waals surface area contributed by atoms with Crippen LogP contribution in [-0.4, -0.2) is 29.3 Å². The van der Waals surface area contributed by atoms with Crippen LogP contribution in [0.15, 0.2) is 47.8 Å². The van der Waals surface area contributed by atoms with Crippen molar-refractivity contribution in [3.05, 3.63) is 70.1 Å². The average Bonchev–Trinajstić information content (AvgIpc) is 3.22. The van der Waals surface area contributed by atoms with Gasteiger partial charge in [-0.05, 0) is 49.6 Å². The fourth-order valence-corrected chi connectivity index (χ4v) is 3.84. The number of hydrogen-bond acceptors (Lipinski definition) is 5. The topological polar surface area (TPSA) is 100 Å². The van der Waals surface area contributed by atoms with E-state index in [1.54, 1.807) is 12.1 Å². The number of thiazole rings is 1. The first kappa shape index (κ1) is 23.1. The van der Waals surface area contributed by atoms with Gasteiger partial charge in [0, 0.05) is 23.4 Å². The van der Waals surface area contributed by atoms with E-state index in [9.17, 15) is 14.4 Å². The molecule has 3 rings (SSSR count). The molecule has 0 saturated heterocycles. The number of nitrogens with zero attached hydrogens (tertiary/aromatic N) is 1. The zero-order chi connectivity index (χ0) is 23.3. The lowest BCUT2D eigenvalue weighted by Gasteiger charge is -2.13. The van der Waals surface area contributed by atoms with Crippen molar-refractivity contribution in [2.45, 2.75) is 33.7 Å². The number of carbonyl (C=O) groups excluding carboxylic acids is 3. The van der Waals surface area contributed by atoms with Crippen LogP contribution in [-0.2, 0) is 9.59 Å². The van der Waals surface area contributed by atoms with Gasteiger partial charge in [0.2, 0.25) is 11.8 Å². The lowest BCUT2D eigenvalue weighted by atomic mass is 10.1. The maximum atomic E-state index is 12.3. The molecular formula is C24H26N4O3S. The SMILES string of the molecule is CC(=O)NC(C)c1ccc(-c2csc(NC(=O)CNC(=O)c3ccc(C)c(C)c3)n2)cc1. The average molecular weight is 451 g/mol. The Morgan fingerprint density at radius 1 is 1.03 bits per heavy atom. The molecule has 0 aliphatic carbocycles. The molecule has 8 heteroatoms. The summed E-state index contributed by atoms with van der Waals surface area (Å²) in [4.78, 5) is 40.2. The molecule has 1 aromatic heterocycles. The second-order valence-corrected chi connectivity index (χ2v) is 8.47. The molecule has 3 N–H and O–H groups in total. The van der Waals surface area contributed by atoms with E-state index in [1.807, 2.05) is 56.5 Å². The third kappa shape index (κ3) is 6.01. The van der Waals surface area contributed by atoms with Gasteiger partial charge in [0.15, 0.2) is 5.13 Å². The van der Waals surface area contributed by atoms with Crippen LogP contribution in [0.5, 0.6) is 0 Å². The van der Waals surface area contributed by atoms with Crippen molar-refractivity contribution in [2.24, 2.45) is 0 Å². The number of anilines is 1. The second-order valence-electron chi connectivity index (χ2n) is 7.61. The van der Waals surface area contributed by atoms with Gasteiger partial charge in [-0.25, -0.2) is 4.98 Å². The molecule has 0 aliphatic heterocycles. The summed E-state index contributed by atoms with van der Waals surface area (Å²) in [5.41, 5.74) is 5.29. The molecule has 3 aromatic rings. The highest BCUT2D eigenvalue weighted by Gasteiger charge is 2.12. The van der Waals surface area contributed by atoms with Crippen LogP contribution in [0, 0.1) is 13.8 Å². The van der Waals surface area contributed by atoms with Gasteiger partial charge in [0.1, 0.15) is 0 Å². The summed E-state index contributed by atoms with van der Waals surface area (Å²) in [6.07, 6.45) is 0. The van der Waals surface area contributed by atoms with E-state index in [2.05, 4.69) is 20.9 Å². The molecule has 0 radical (unpaired) electrons. The first-order valence-corrected chi connectivity index (χ1v) is 11.1. The van der Waals surface area contributed by atoms with E-state index < -0.39 is 0 Å². The zero-order valence-corrected chi connectivity index (χ0v) is 19.3. The van der Waals surface area contributed by atoms with Gasteiger partial charge in [-0.3, -0.25) is 14.4 Å². The molecule has 0 aliphatic rings. The quantitative estimate of drug-likeness (QED) is 0.507. The Hall–Kier alpha value is -3.52. The van der Waals surface area contributed by atoms with Crippen molar-refractivity contribution in [1.29, 1.82) is 0 Å². The number of rotatable bonds is 7. The summed E-state index contributed by atoms with van der Waals surface area (Å²) in [7, 11) is 0. The highest BCUT2D eigenvalue weighted by Crippen LogP contribution is 2.26. The van der Waals surface area contributed by atoms with Gasteiger partial charge < -0.3 is 16.0 Å². The lowest BCUT2D eigenvalue weighted by molar-refractivity contribution is -0.119. The minimum atomic E-state index is -0.345. The van der Waals surface area contributed by atoms with Gasteiger partial charge in [-0.2, -0.15) is 0 Å². The molecule has 1 heterocycles. The zero-order valence-electron chi connectivity index (χ0n) is 18.5. The maximum absolute atomic E-state index is 12.3. The van der Waals surface area contributed by atoms with Gasteiger partial charge in [0.25, 0.3) is 5.91 Å². The first-order chi connectivity index (χ1) is 15.2. The Kier molecular flexibility index (Phi) is 7.37. The molecule has 3 amide bonds. The van der Waals surface area contributed by atoms with Gasteiger partial charge in [-0.15, -0.1) is 11.3 Å². The molecule has 0 fully saturated rings. The Labute approximate surface area is 191 Å². The van der Waals surface area contributed by atoms with Crippen LogP contribution in [0.2, 0.25) is 0 Å². The molecule has 166 valence electrons. The van der Waals surface area contributed by atoms with Crippen molar-refractivity contribution < 1.29 is 14.4 Å². The van der Waals surface area contributed by atoms with Crippen LogP contribution < -0.4 is 16.0 Å². The largest absolute Gasteiger partial charge is 0.350 e. The maximum Gasteiger partial charge on any atom is 0.251 e. The highest BCUT2D eigenvalue weighted by atomic mass is 32.1. The summed E-state index contributed by atoms with van der Waals surface area (Å²) in [5, 5.41) is 10.5. The van der Waals surface area contributed by atoms with Crippen molar-refractivity contribution >= 4 is 34.2 Å². The van der Waals surface area contributed by atoms with Crippen molar-refractivity contribution in [1.82, 2.24) is 15.6 Å². The third-order valence-electron chi connectivity index (χ3n) is 5.06. The fraction of sp³-hybridized carbons (Fsp3) is 0.250. The Balaban J connectivity index is 1.55. The van der Waals surface area contributed by atoms with E-state index >= 15 is 0 Å². The molecule has 0 saturated carbocycles. The Morgan fingerprint density at radius 2 is 1.75 bits per heavy atom. The van der Waals surface area contributed by atoms with E-state index in [0.717, 1.165) is 27.9 Å². The van der Waals surface area contributed by atoms with Crippen molar-refractivity contribution in [2.75, 3.05) is 11.9 Å². The number of benzene rings is 2. The minimum absolute atomic E-state index is 0.0772. The van der Waals surface area contributed by atoms with Crippen molar-refractivity contribution in [3.63, 3.8) is 0 Å². The number of amides is 3. The van der Waals surface area contributed by atoms with E-state index in [4.69, 9.17) is 0 Å². The molecule has 1 unspecified atom stereocenters.